The van der Waals surface area contributed by atoms with E-state index < -0.39 is 6.10 Å². The largest absolute Gasteiger partial charge is 0.462 e. The number of hydrogen-bond acceptors (Lipinski definition) is 6. The summed E-state index contributed by atoms with van der Waals surface area (Å²) < 4.78 is 17.1. The fraction of sp³-hybridized carbons (Fsp3) is 0.908. The lowest BCUT2D eigenvalue weighted by molar-refractivity contribution is -0.167. The molecule has 0 heterocycles. The quantitative estimate of drug-likeness (QED) is 0.0261. The summed E-state index contributed by atoms with van der Waals surface area (Å²) >= 11 is 0. The number of allylic oxidation sites excluding steroid dienone is 4. The van der Waals surface area contributed by atoms with E-state index in [1.807, 2.05) is 0 Å². The first-order valence-corrected chi connectivity index (χ1v) is 37.3. The van der Waals surface area contributed by atoms with Crippen LogP contribution in [0.4, 0.5) is 0 Å². The molecule has 0 aromatic carbocycles. The molecule has 0 aliphatic carbocycles. The van der Waals surface area contributed by atoms with Gasteiger partial charge in [-0.1, -0.05) is 360 Å². The van der Waals surface area contributed by atoms with Gasteiger partial charge in [0, 0.05) is 19.3 Å². The third kappa shape index (κ3) is 68.7. The molecule has 0 bridgehead atoms. The van der Waals surface area contributed by atoms with Crippen molar-refractivity contribution in [3.05, 3.63) is 24.3 Å². The van der Waals surface area contributed by atoms with Gasteiger partial charge in [-0.05, 0) is 70.6 Å². The van der Waals surface area contributed by atoms with E-state index in [2.05, 4.69) is 45.1 Å². The predicted octanol–water partition coefficient (Wildman–Crippen LogP) is 25.7. The lowest BCUT2D eigenvalue weighted by Gasteiger charge is -2.18. The fourth-order valence-corrected chi connectivity index (χ4v) is 11.6. The molecule has 0 aliphatic heterocycles. The monoisotopic (exact) mass is 1150 g/mol. The molecule has 0 amide bonds. The minimum Gasteiger partial charge on any atom is -0.462 e. The molecule has 0 fully saturated rings. The van der Waals surface area contributed by atoms with E-state index >= 15 is 0 Å². The second kappa shape index (κ2) is 71.4. The Morgan fingerprint density at radius 1 is 0.232 bits per heavy atom. The van der Waals surface area contributed by atoms with Gasteiger partial charge in [-0.3, -0.25) is 14.4 Å². The van der Waals surface area contributed by atoms with E-state index in [4.69, 9.17) is 14.2 Å². The molecule has 0 aliphatic rings. The first kappa shape index (κ1) is 79.9. The Kier molecular flexibility index (Phi) is 69.5. The fourth-order valence-electron chi connectivity index (χ4n) is 11.6. The smallest absolute Gasteiger partial charge is 0.306 e. The Balaban J connectivity index is 4.30. The van der Waals surface area contributed by atoms with Crippen molar-refractivity contribution in [1.29, 1.82) is 0 Å². The molecule has 6 nitrogen and oxygen atoms in total. The summed E-state index contributed by atoms with van der Waals surface area (Å²) in [5.41, 5.74) is 0. The van der Waals surface area contributed by atoms with Crippen molar-refractivity contribution in [3.63, 3.8) is 0 Å². The van der Waals surface area contributed by atoms with E-state index in [0.29, 0.717) is 19.3 Å². The van der Waals surface area contributed by atoms with Crippen LogP contribution in [0.25, 0.3) is 0 Å². The van der Waals surface area contributed by atoms with Gasteiger partial charge >= 0.3 is 17.9 Å². The number of rotatable bonds is 70. The maximum atomic E-state index is 13.0. The zero-order chi connectivity index (χ0) is 59.2. The molecule has 1 atom stereocenters. The van der Waals surface area contributed by atoms with Crippen LogP contribution in [0.3, 0.4) is 0 Å². The van der Waals surface area contributed by atoms with E-state index in [-0.39, 0.29) is 31.1 Å². The number of carbonyl (C=O) groups excluding carboxylic acids is 3. The van der Waals surface area contributed by atoms with Crippen LogP contribution < -0.4 is 0 Å². The number of unbranched alkanes of at least 4 members (excludes halogenated alkanes) is 55. The standard InChI is InChI=1S/C76H144O6/c1-4-7-10-13-16-19-22-25-28-31-34-37-38-40-42-45-48-51-54-57-60-63-66-69-75(78)81-72-73(71-80-74(77)68-65-62-59-56-53-50-47-44-41-36-33-30-27-24-21-18-15-12-9-6-3)82-76(79)70-67-64-61-58-55-52-49-46-43-39-35-32-29-26-23-20-17-14-11-8-5-2/h31-32,34-35,73H,4-30,33,36-72H2,1-3H3/b34-31-,35-32-. The van der Waals surface area contributed by atoms with Crippen LogP contribution in [-0.2, 0) is 28.6 Å². The Morgan fingerprint density at radius 3 is 0.610 bits per heavy atom. The molecule has 1 unspecified atom stereocenters. The van der Waals surface area contributed by atoms with Crippen molar-refractivity contribution < 1.29 is 28.6 Å². The van der Waals surface area contributed by atoms with Crippen molar-refractivity contribution >= 4 is 17.9 Å². The lowest BCUT2D eigenvalue weighted by atomic mass is 10.0. The van der Waals surface area contributed by atoms with Crippen molar-refractivity contribution in [2.75, 3.05) is 13.2 Å². The predicted molar refractivity (Wildman–Crippen MR) is 358 cm³/mol. The van der Waals surface area contributed by atoms with Gasteiger partial charge in [0.05, 0.1) is 0 Å². The Bertz CT molecular complexity index is 1320. The van der Waals surface area contributed by atoms with E-state index in [1.165, 1.54) is 327 Å². The van der Waals surface area contributed by atoms with Crippen molar-refractivity contribution in [3.8, 4) is 0 Å². The van der Waals surface area contributed by atoms with Crippen LogP contribution in [-0.4, -0.2) is 37.2 Å². The van der Waals surface area contributed by atoms with Gasteiger partial charge < -0.3 is 14.2 Å². The van der Waals surface area contributed by atoms with Crippen molar-refractivity contribution in [1.82, 2.24) is 0 Å². The minimum absolute atomic E-state index is 0.0660. The van der Waals surface area contributed by atoms with Crippen LogP contribution >= 0.6 is 0 Å². The number of ether oxygens (including phenoxy) is 3. The molecule has 484 valence electrons. The highest BCUT2D eigenvalue weighted by Crippen LogP contribution is 2.19. The molecular formula is C76H144O6. The van der Waals surface area contributed by atoms with Crippen LogP contribution in [0, 0.1) is 0 Å². The first-order chi connectivity index (χ1) is 40.5. The molecule has 0 spiro atoms. The zero-order valence-electron chi connectivity index (χ0n) is 55.8. The van der Waals surface area contributed by atoms with Gasteiger partial charge in [0.15, 0.2) is 6.10 Å². The Morgan fingerprint density at radius 2 is 0.402 bits per heavy atom. The van der Waals surface area contributed by atoms with Gasteiger partial charge in [0.1, 0.15) is 13.2 Å². The molecule has 0 radical (unpaired) electrons. The molecule has 0 aromatic rings. The van der Waals surface area contributed by atoms with Gasteiger partial charge in [-0.2, -0.15) is 0 Å². The third-order valence-corrected chi connectivity index (χ3v) is 17.2. The summed E-state index contributed by atoms with van der Waals surface area (Å²) in [5.74, 6) is -0.833. The average molecular weight is 1150 g/mol. The average Bonchev–Trinajstić information content (AvgIpc) is 3.47. The van der Waals surface area contributed by atoms with Gasteiger partial charge in [-0.15, -0.1) is 0 Å². The van der Waals surface area contributed by atoms with E-state index in [0.717, 1.165) is 57.8 Å². The van der Waals surface area contributed by atoms with Crippen LogP contribution in [0.2, 0.25) is 0 Å². The molecular weight excluding hydrogens is 1010 g/mol. The van der Waals surface area contributed by atoms with Crippen LogP contribution in [0.1, 0.15) is 425 Å². The molecule has 0 saturated heterocycles. The molecule has 0 N–H and O–H groups in total. The number of carbonyl (C=O) groups is 3. The van der Waals surface area contributed by atoms with Gasteiger partial charge in [-0.25, -0.2) is 0 Å². The summed E-state index contributed by atoms with van der Waals surface area (Å²) in [5, 5.41) is 0. The summed E-state index contributed by atoms with van der Waals surface area (Å²) in [6.07, 6.45) is 87.8. The highest BCUT2D eigenvalue weighted by atomic mass is 16.6. The third-order valence-electron chi connectivity index (χ3n) is 17.2. The lowest BCUT2D eigenvalue weighted by Crippen LogP contribution is -2.30. The number of hydrogen-bond donors (Lipinski definition) is 0. The topological polar surface area (TPSA) is 78.9 Å². The Hall–Kier alpha value is -2.11. The van der Waals surface area contributed by atoms with E-state index in [9.17, 15) is 14.4 Å². The molecule has 0 aromatic heterocycles. The maximum Gasteiger partial charge on any atom is 0.306 e. The minimum atomic E-state index is -0.771. The normalized spacial score (nSPS) is 12.1. The second-order valence-corrected chi connectivity index (χ2v) is 25.6. The maximum absolute atomic E-state index is 13.0. The molecule has 82 heavy (non-hydrogen) atoms. The Labute approximate surface area is 513 Å². The van der Waals surface area contributed by atoms with Gasteiger partial charge in [0.25, 0.3) is 0 Å². The first-order valence-electron chi connectivity index (χ1n) is 37.3. The summed E-state index contributed by atoms with van der Waals surface area (Å²) in [4.78, 5) is 38.6. The number of esters is 3. The van der Waals surface area contributed by atoms with Crippen molar-refractivity contribution in [2.24, 2.45) is 0 Å². The van der Waals surface area contributed by atoms with Crippen LogP contribution in [0.5, 0.6) is 0 Å². The van der Waals surface area contributed by atoms with Gasteiger partial charge in [0.2, 0.25) is 0 Å². The summed E-state index contributed by atoms with van der Waals surface area (Å²) in [6.45, 7) is 6.73. The zero-order valence-corrected chi connectivity index (χ0v) is 55.8. The summed E-state index contributed by atoms with van der Waals surface area (Å²) in [7, 11) is 0. The molecule has 0 rings (SSSR count). The SMILES string of the molecule is CCCCCCCCCC/C=C\CCCCCCCCCCCCCC(=O)OCC(COC(=O)CCCCCCCCCCCCCCCCCCCCCC)OC(=O)CCCCCCCCCCC/C=C\CCCCCCCCCC. The highest BCUT2D eigenvalue weighted by Gasteiger charge is 2.20. The van der Waals surface area contributed by atoms with Crippen LogP contribution in [0.15, 0.2) is 24.3 Å². The molecule has 6 heteroatoms. The van der Waals surface area contributed by atoms with Crippen molar-refractivity contribution in [2.45, 2.75) is 431 Å². The van der Waals surface area contributed by atoms with E-state index in [1.54, 1.807) is 0 Å². The summed E-state index contributed by atoms with van der Waals surface area (Å²) in [6, 6.07) is 0. The second-order valence-electron chi connectivity index (χ2n) is 25.6. The molecule has 0 saturated carbocycles. The highest BCUT2D eigenvalue weighted by molar-refractivity contribution is 5.71.